The van der Waals surface area contributed by atoms with Crippen LogP contribution >= 0.6 is 11.6 Å². The first-order valence-electron chi connectivity index (χ1n) is 9.99. The molecule has 7 nitrogen and oxygen atoms in total. The van der Waals surface area contributed by atoms with Crippen LogP contribution < -0.4 is 10.1 Å². The van der Waals surface area contributed by atoms with Gasteiger partial charge in [0.05, 0.1) is 33.1 Å². The smallest absolute Gasteiger partial charge is 0.416 e. The zero-order valence-corrected chi connectivity index (χ0v) is 19.1. The number of nitrogens with one attached hydrogen (secondary N) is 1. The first kappa shape index (κ1) is 25.1. The SMILES string of the molecule is Cc1noc(C)c1COc1cccc(C(=O)OC(C)C(=O)Nc2cc(C(F)(F)F)ccc2Cl)c1. The summed E-state index contributed by atoms with van der Waals surface area (Å²) in [4.78, 5) is 24.9. The van der Waals surface area contributed by atoms with Gasteiger partial charge in [0.2, 0.25) is 0 Å². The van der Waals surface area contributed by atoms with Gasteiger partial charge in [-0.2, -0.15) is 13.2 Å². The molecular weight excluding hydrogens is 477 g/mol. The van der Waals surface area contributed by atoms with Gasteiger partial charge in [0.25, 0.3) is 5.91 Å². The minimum Gasteiger partial charge on any atom is -0.489 e. The van der Waals surface area contributed by atoms with Gasteiger partial charge in [0.1, 0.15) is 18.1 Å². The number of ether oxygens (including phenoxy) is 2. The van der Waals surface area contributed by atoms with Crippen LogP contribution in [0.5, 0.6) is 5.75 Å². The largest absolute Gasteiger partial charge is 0.489 e. The van der Waals surface area contributed by atoms with Crippen LogP contribution in [0.1, 0.15) is 39.9 Å². The molecule has 1 atom stereocenters. The van der Waals surface area contributed by atoms with E-state index in [-0.39, 0.29) is 22.9 Å². The minimum absolute atomic E-state index is 0.0944. The molecule has 0 bridgehead atoms. The molecule has 1 heterocycles. The van der Waals surface area contributed by atoms with Crippen LogP contribution in [0.3, 0.4) is 0 Å². The Balaban J connectivity index is 1.63. The van der Waals surface area contributed by atoms with Crippen LogP contribution in [-0.4, -0.2) is 23.1 Å². The number of amides is 1. The van der Waals surface area contributed by atoms with E-state index < -0.39 is 29.7 Å². The Labute approximate surface area is 197 Å². The Morgan fingerprint density at radius 3 is 2.56 bits per heavy atom. The Morgan fingerprint density at radius 1 is 1.18 bits per heavy atom. The third-order valence-corrected chi connectivity index (χ3v) is 5.17. The quantitative estimate of drug-likeness (QED) is 0.420. The lowest BCUT2D eigenvalue weighted by atomic mass is 10.2. The number of anilines is 1. The Morgan fingerprint density at radius 2 is 1.91 bits per heavy atom. The number of aromatic nitrogens is 1. The highest BCUT2D eigenvalue weighted by molar-refractivity contribution is 6.33. The number of hydrogen-bond acceptors (Lipinski definition) is 6. The Kier molecular flexibility index (Phi) is 7.51. The molecule has 1 amide bonds. The number of nitrogens with zero attached hydrogens (tertiary/aromatic N) is 1. The van der Waals surface area contributed by atoms with E-state index in [1.54, 1.807) is 26.0 Å². The van der Waals surface area contributed by atoms with E-state index >= 15 is 0 Å². The number of alkyl halides is 3. The van der Waals surface area contributed by atoms with Crippen LogP contribution in [0.4, 0.5) is 18.9 Å². The molecule has 0 saturated heterocycles. The van der Waals surface area contributed by atoms with Crippen molar-refractivity contribution in [3.63, 3.8) is 0 Å². The molecule has 2 aromatic carbocycles. The number of carbonyl (C=O) groups is 2. The van der Waals surface area contributed by atoms with Crippen molar-refractivity contribution in [3.8, 4) is 5.75 Å². The summed E-state index contributed by atoms with van der Waals surface area (Å²) in [5, 5.41) is 6.00. The van der Waals surface area contributed by atoms with Crippen molar-refractivity contribution in [1.82, 2.24) is 5.16 Å². The lowest BCUT2D eigenvalue weighted by Gasteiger charge is -2.16. The molecule has 11 heteroatoms. The van der Waals surface area contributed by atoms with E-state index in [0.29, 0.717) is 23.3 Å². The van der Waals surface area contributed by atoms with Gasteiger partial charge in [-0.1, -0.05) is 22.8 Å². The summed E-state index contributed by atoms with van der Waals surface area (Å²) in [6, 6.07) is 8.64. The van der Waals surface area contributed by atoms with Crippen molar-refractivity contribution < 1.29 is 36.8 Å². The van der Waals surface area contributed by atoms with Crippen LogP contribution in [0.15, 0.2) is 47.0 Å². The second-order valence-corrected chi connectivity index (χ2v) is 7.76. The first-order chi connectivity index (χ1) is 16.0. The number of benzene rings is 2. The number of rotatable bonds is 7. The standard InChI is InChI=1S/C23H20ClF3N2O5/c1-12-18(13(2)34-29-12)11-32-17-6-4-5-15(9-17)22(31)33-14(3)21(30)28-20-10-16(23(25,26)27)7-8-19(20)24/h4-10,14H,11H2,1-3H3,(H,28,30). The molecule has 180 valence electrons. The molecule has 0 spiro atoms. The molecule has 0 radical (unpaired) electrons. The zero-order chi connectivity index (χ0) is 25.0. The van der Waals surface area contributed by atoms with E-state index in [0.717, 1.165) is 17.7 Å². The number of aryl methyl sites for hydroxylation is 2. The van der Waals surface area contributed by atoms with Crippen molar-refractivity contribution in [1.29, 1.82) is 0 Å². The highest BCUT2D eigenvalue weighted by Crippen LogP contribution is 2.34. The maximum atomic E-state index is 12.9. The summed E-state index contributed by atoms with van der Waals surface area (Å²) >= 11 is 5.89. The molecule has 1 unspecified atom stereocenters. The molecule has 1 aromatic heterocycles. The third kappa shape index (κ3) is 6.07. The van der Waals surface area contributed by atoms with E-state index in [1.165, 1.54) is 19.1 Å². The molecule has 1 N–H and O–H groups in total. The third-order valence-electron chi connectivity index (χ3n) is 4.84. The first-order valence-corrected chi connectivity index (χ1v) is 10.4. The van der Waals surface area contributed by atoms with E-state index in [4.69, 9.17) is 25.6 Å². The van der Waals surface area contributed by atoms with Crippen molar-refractivity contribution in [2.24, 2.45) is 0 Å². The molecule has 3 rings (SSSR count). The number of esters is 1. The topological polar surface area (TPSA) is 90.7 Å². The fraction of sp³-hybridized carbons (Fsp3) is 0.261. The molecular formula is C23H20ClF3N2O5. The average Bonchev–Trinajstić information content (AvgIpc) is 3.10. The normalized spacial score (nSPS) is 12.2. The fourth-order valence-electron chi connectivity index (χ4n) is 2.89. The van der Waals surface area contributed by atoms with Crippen LogP contribution in [-0.2, 0) is 22.3 Å². The summed E-state index contributed by atoms with van der Waals surface area (Å²) in [6.45, 7) is 5.00. The minimum atomic E-state index is -4.61. The molecule has 0 aliphatic rings. The van der Waals surface area contributed by atoms with Gasteiger partial charge in [-0.25, -0.2) is 4.79 Å². The lowest BCUT2D eigenvalue weighted by Crippen LogP contribution is -2.30. The lowest BCUT2D eigenvalue weighted by molar-refractivity contribution is -0.137. The second-order valence-electron chi connectivity index (χ2n) is 7.35. The fourth-order valence-corrected chi connectivity index (χ4v) is 3.05. The summed E-state index contributed by atoms with van der Waals surface area (Å²) in [6.07, 6.45) is -5.93. The predicted octanol–water partition coefficient (Wildman–Crippen LogP) is 5.73. The molecule has 3 aromatic rings. The molecule has 0 fully saturated rings. The summed E-state index contributed by atoms with van der Waals surface area (Å²) < 4.78 is 54.7. The summed E-state index contributed by atoms with van der Waals surface area (Å²) in [5.41, 5.74) is 0.359. The van der Waals surface area contributed by atoms with Crippen LogP contribution in [0.25, 0.3) is 0 Å². The van der Waals surface area contributed by atoms with Gasteiger partial charge in [0, 0.05) is 0 Å². The summed E-state index contributed by atoms with van der Waals surface area (Å²) in [7, 11) is 0. The Hall–Kier alpha value is -3.53. The maximum absolute atomic E-state index is 12.9. The zero-order valence-electron chi connectivity index (χ0n) is 18.3. The van der Waals surface area contributed by atoms with Crippen molar-refractivity contribution in [2.45, 2.75) is 39.7 Å². The highest BCUT2D eigenvalue weighted by Gasteiger charge is 2.31. The molecule has 0 saturated carbocycles. The van der Waals surface area contributed by atoms with Crippen LogP contribution in [0.2, 0.25) is 5.02 Å². The number of hydrogen-bond donors (Lipinski definition) is 1. The van der Waals surface area contributed by atoms with E-state index in [2.05, 4.69) is 10.5 Å². The van der Waals surface area contributed by atoms with Gasteiger partial charge in [0.15, 0.2) is 6.10 Å². The molecule has 0 aliphatic carbocycles. The van der Waals surface area contributed by atoms with Gasteiger partial charge in [-0.05, 0) is 57.2 Å². The van der Waals surface area contributed by atoms with Crippen molar-refractivity contribution >= 4 is 29.2 Å². The summed E-state index contributed by atoms with van der Waals surface area (Å²) in [5.74, 6) is -0.669. The van der Waals surface area contributed by atoms with Crippen molar-refractivity contribution in [2.75, 3.05) is 5.32 Å². The Bertz CT molecular complexity index is 1190. The van der Waals surface area contributed by atoms with Gasteiger partial charge in [-0.3, -0.25) is 4.79 Å². The number of halogens is 4. The highest BCUT2D eigenvalue weighted by atomic mass is 35.5. The van der Waals surface area contributed by atoms with Crippen molar-refractivity contribution in [3.05, 3.63) is 75.6 Å². The molecule has 34 heavy (non-hydrogen) atoms. The van der Waals surface area contributed by atoms with Crippen LogP contribution in [0, 0.1) is 13.8 Å². The van der Waals surface area contributed by atoms with Gasteiger partial charge < -0.3 is 19.3 Å². The van der Waals surface area contributed by atoms with Gasteiger partial charge >= 0.3 is 12.1 Å². The maximum Gasteiger partial charge on any atom is 0.416 e. The monoisotopic (exact) mass is 496 g/mol. The van der Waals surface area contributed by atoms with E-state index in [1.807, 2.05) is 0 Å². The molecule has 0 aliphatic heterocycles. The number of carbonyl (C=O) groups excluding carboxylic acids is 2. The predicted molar refractivity (Wildman–Crippen MR) is 117 cm³/mol. The van der Waals surface area contributed by atoms with Gasteiger partial charge in [-0.15, -0.1) is 0 Å². The average molecular weight is 497 g/mol. The second kappa shape index (κ2) is 10.2. The van der Waals surface area contributed by atoms with E-state index in [9.17, 15) is 22.8 Å².